The average molecular weight is 370 g/mol. The second-order valence-electron chi connectivity index (χ2n) is 6.49. The van der Waals surface area contributed by atoms with Crippen LogP contribution in [0.25, 0.3) is 0 Å². The number of nitrogens with one attached hydrogen (secondary N) is 1. The van der Waals surface area contributed by atoms with Crippen LogP contribution in [0.2, 0.25) is 0 Å². The summed E-state index contributed by atoms with van der Waals surface area (Å²) in [5.41, 5.74) is 1.10. The van der Waals surface area contributed by atoms with Crippen molar-refractivity contribution in [3.05, 3.63) is 59.5 Å². The van der Waals surface area contributed by atoms with Crippen molar-refractivity contribution in [2.24, 2.45) is 0 Å². The molecule has 3 rings (SSSR count). The highest BCUT2D eigenvalue weighted by Crippen LogP contribution is 2.15. The van der Waals surface area contributed by atoms with Gasteiger partial charge in [-0.2, -0.15) is 0 Å². The van der Waals surface area contributed by atoms with Crippen LogP contribution in [0.15, 0.2) is 42.6 Å². The number of aromatic nitrogens is 1. The van der Waals surface area contributed by atoms with Crippen molar-refractivity contribution < 1.29 is 14.0 Å². The summed E-state index contributed by atoms with van der Waals surface area (Å²) in [4.78, 5) is 32.0. The van der Waals surface area contributed by atoms with Crippen molar-refractivity contribution in [1.29, 1.82) is 0 Å². The number of hydrogen-bond acceptors (Lipinski definition) is 4. The Kier molecular flexibility index (Phi) is 6.01. The van der Waals surface area contributed by atoms with Crippen LogP contribution in [-0.4, -0.2) is 54.4 Å². The molecule has 1 saturated heterocycles. The van der Waals surface area contributed by atoms with Crippen LogP contribution in [0, 0.1) is 5.82 Å². The Bertz CT molecular complexity index is 819. The summed E-state index contributed by atoms with van der Waals surface area (Å²) in [6.07, 6.45) is 2.04. The quantitative estimate of drug-likeness (QED) is 0.873. The van der Waals surface area contributed by atoms with Crippen LogP contribution < -0.4 is 10.2 Å². The first-order chi connectivity index (χ1) is 13.0. The molecule has 1 aromatic heterocycles. The summed E-state index contributed by atoms with van der Waals surface area (Å²) < 4.78 is 13.6. The third kappa shape index (κ3) is 4.81. The number of benzene rings is 1. The zero-order valence-corrected chi connectivity index (χ0v) is 15.3. The lowest BCUT2D eigenvalue weighted by atomic mass is 10.1. The first-order valence-electron chi connectivity index (χ1n) is 9.02. The molecule has 2 aromatic rings. The van der Waals surface area contributed by atoms with Crippen LogP contribution in [-0.2, 0) is 11.2 Å². The van der Waals surface area contributed by atoms with Crippen LogP contribution in [0.5, 0.6) is 0 Å². The second kappa shape index (κ2) is 8.62. The Morgan fingerprint density at radius 2 is 1.89 bits per heavy atom. The normalized spacial score (nSPS) is 14.1. The van der Waals surface area contributed by atoms with Gasteiger partial charge in [-0.25, -0.2) is 9.37 Å². The van der Waals surface area contributed by atoms with E-state index < -0.39 is 0 Å². The monoisotopic (exact) mass is 370 g/mol. The number of nitrogens with zero attached hydrogens (tertiary/aromatic N) is 3. The van der Waals surface area contributed by atoms with E-state index in [9.17, 15) is 14.0 Å². The molecular weight excluding hydrogens is 347 g/mol. The molecule has 0 saturated carbocycles. The maximum absolute atomic E-state index is 13.6. The molecule has 7 heteroatoms. The van der Waals surface area contributed by atoms with E-state index in [2.05, 4.69) is 15.2 Å². The van der Waals surface area contributed by atoms with Gasteiger partial charge in [0.25, 0.3) is 5.91 Å². The fourth-order valence-electron chi connectivity index (χ4n) is 3.10. The summed E-state index contributed by atoms with van der Waals surface area (Å²) in [6.45, 7) is 4.59. The van der Waals surface area contributed by atoms with E-state index in [-0.39, 0.29) is 17.6 Å². The van der Waals surface area contributed by atoms with Crippen LogP contribution in [0.1, 0.15) is 22.8 Å². The highest BCUT2D eigenvalue weighted by molar-refractivity contribution is 5.94. The smallest absolute Gasteiger partial charge is 0.251 e. The summed E-state index contributed by atoms with van der Waals surface area (Å²) in [6, 6.07) is 9.97. The molecule has 0 spiro atoms. The molecule has 0 aliphatic carbocycles. The number of carbonyl (C=O) groups is 2. The molecule has 0 unspecified atom stereocenters. The Hall–Kier alpha value is -2.96. The standard InChI is InChI=1S/C20H23FN4O2/c1-15(26)24-10-12-25(13-11-24)19-14-17(7-8-22-19)20(27)23-9-6-16-4-2-3-5-18(16)21/h2-5,7-8,14H,6,9-13H2,1H3,(H,23,27). The third-order valence-corrected chi connectivity index (χ3v) is 4.69. The van der Waals surface area contributed by atoms with Gasteiger partial charge in [0.1, 0.15) is 11.6 Å². The maximum Gasteiger partial charge on any atom is 0.251 e. The number of piperazine rings is 1. The van der Waals surface area contributed by atoms with Gasteiger partial charge >= 0.3 is 0 Å². The number of carbonyl (C=O) groups excluding carboxylic acids is 2. The molecule has 1 fully saturated rings. The van der Waals surface area contributed by atoms with Gasteiger partial charge in [-0.3, -0.25) is 9.59 Å². The van der Waals surface area contributed by atoms with Gasteiger partial charge in [-0.05, 0) is 30.2 Å². The Labute approximate surface area is 158 Å². The molecule has 2 amide bonds. The summed E-state index contributed by atoms with van der Waals surface area (Å²) in [5, 5.41) is 2.82. The molecule has 2 heterocycles. The fourth-order valence-corrected chi connectivity index (χ4v) is 3.10. The summed E-state index contributed by atoms with van der Waals surface area (Å²) in [7, 11) is 0. The van der Waals surface area contributed by atoms with E-state index in [1.165, 1.54) is 6.07 Å². The van der Waals surface area contributed by atoms with Crippen molar-refractivity contribution >= 4 is 17.6 Å². The SMILES string of the molecule is CC(=O)N1CCN(c2cc(C(=O)NCCc3ccccc3F)ccn2)CC1. The van der Waals surface area contributed by atoms with Crippen LogP contribution >= 0.6 is 0 Å². The van der Waals surface area contributed by atoms with Gasteiger partial charge in [0.15, 0.2) is 0 Å². The van der Waals surface area contributed by atoms with E-state index >= 15 is 0 Å². The molecule has 27 heavy (non-hydrogen) atoms. The lowest BCUT2D eigenvalue weighted by Gasteiger charge is -2.35. The number of amides is 2. The summed E-state index contributed by atoms with van der Waals surface area (Å²) >= 11 is 0. The molecule has 0 radical (unpaired) electrons. The lowest BCUT2D eigenvalue weighted by Crippen LogP contribution is -2.48. The predicted octanol–water partition coefficient (Wildman–Crippen LogP) is 1.86. The number of hydrogen-bond donors (Lipinski definition) is 1. The van der Waals surface area contributed by atoms with Gasteiger partial charge in [0.2, 0.25) is 5.91 Å². The van der Waals surface area contributed by atoms with E-state index in [1.54, 1.807) is 48.4 Å². The highest BCUT2D eigenvalue weighted by atomic mass is 19.1. The van der Waals surface area contributed by atoms with Gasteiger partial charge in [0, 0.05) is 51.4 Å². The molecule has 1 aromatic carbocycles. The first-order valence-corrected chi connectivity index (χ1v) is 9.02. The minimum Gasteiger partial charge on any atom is -0.353 e. The zero-order chi connectivity index (χ0) is 19.2. The number of anilines is 1. The number of rotatable bonds is 5. The topological polar surface area (TPSA) is 65.5 Å². The minimum absolute atomic E-state index is 0.0746. The van der Waals surface area contributed by atoms with Crippen molar-refractivity contribution in [1.82, 2.24) is 15.2 Å². The summed E-state index contributed by atoms with van der Waals surface area (Å²) in [5.74, 6) is 0.325. The molecule has 142 valence electrons. The number of halogens is 1. The molecule has 1 aliphatic rings. The van der Waals surface area contributed by atoms with Crippen molar-refractivity contribution in [2.75, 3.05) is 37.6 Å². The number of pyridine rings is 1. The highest BCUT2D eigenvalue weighted by Gasteiger charge is 2.20. The molecule has 0 bridgehead atoms. The zero-order valence-electron chi connectivity index (χ0n) is 15.3. The van der Waals surface area contributed by atoms with E-state index in [4.69, 9.17) is 0 Å². The average Bonchev–Trinajstić information content (AvgIpc) is 2.69. The molecule has 6 nitrogen and oxygen atoms in total. The minimum atomic E-state index is -0.261. The molecular formula is C20H23FN4O2. The van der Waals surface area contributed by atoms with Gasteiger partial charge < -0.3 is 15.1 Å². The second-order valence-corrected chi connectivity index (χ2v) is 6.49. The Morgan fingerprint density at radius 3 is 2.59 bits per heavy atom. The molecule has 1 aliphatic heterocycles. The molecule has 1 N–H and O–H groups in total. The largest absolute Gasteiger partial charge is 0.353 e. The molecule has 0 atom stereocenters. The van der Waals surface area contributed by atoms with E-state index in [1.807, 2.05) is 0 Å². The fraction of sp³-hybridized carbons (Fsp3) is 0.350. The van der Waals surface area contributed by atoms with Crippen molar-refractivity contribution in [3.8, 4) is 0 Å². The third-order valence-electron chi connectivity index (χ3n) is 4.69. The van der Waals surface area contributed by atoms with Gasteiger partial charge in [0.05, 0.1) is 0 Å². The lowest BCUT2D eigenvalue weighted by molar-refractivity contribution is -0.129. The first kappa shape index (κ1) is 18.8. The van der Waals surface area contributed by atoms with Gasteiger partial charge in [-0.15, -0.1) is 0 Å². The maximum atomic E-state index is 13.6. The predicted molar refractivity (Wildman–Crippen MR) is 101 cm³/mol. The Morgan fingerprint density at radius 1 is 1.15 bits per heavy atom. The van der Waals surface area contributed by atoms with Crippen LogP contribution in [0.4, 0.5) is 10.2 Å². The van der Waals surface area contributed by atoms with E-state index in [0.717, 1.165) is 5.82 Å². The van der Waals surface area contributed by atoms with Crippen molar-refractivity contribution in [3.63, 3.8) is 0 Å². The van der Waals surface area contributed by atoms with Gasteiger partial charge in [-0.1, -0.05) is 18.2 Å². The Balaban J connectivity index is 1.56. The van der Waals surface area contributed by atoms with E-state index in [0.29, 0.717) is 50.3 Å². The van der Waals surface area contributed by atoms with Crippen molar-refractivity contribution in [2.45, 2.75) is 13.3 Å². The van der Waals surface area contributed by atoms with Crippen LogP contribution in [0.3, 0.4) is 0 Å².